The van der Waals surface area contributed by atoms with Crippen molar-refractivity contribution in [1.29, 1.82) is 0 Å². The van der Waals surface area contributed by atoms with E-state index in [1.165, 1.54) is 0 Å². The lowest BCUT2D eigenvalue weighted by molar-refractivity contribution is 0.402. The van der Waals surface area contributed by atoms with Crippen LogP contribution in [0.1, 0.15) is 6.42 Å². The van der Waals surface area contributed by atoms with Crippen LogP contribution in [0, 0.1) is 0 Å². The minimum absolute atomic E-state index is 0.0179. The number of thioether (sulfide) groups is 1. The van der Waals surface area contributed by atoms with E-state index in [1.54, 1.807) is 36.0 Å². The highest BCUT2D eigenvalue weighted by Gasteiger charge is 2.17. The summed E-state index contributed by atoms with van der Waals surface area (Å²) in [5, 5.41) is 10.6. The van der Waals surface area contributed by atoms with Crippen LogP contribution < -0.4 is 11.2 Å². The molecular formula is C14H15ClN2O3S. The van der Waals surface area contributed by atoms with Gasteiger partial charge in [-0.25, -0.2) is 4.79 Å². The first-order chi connectivity index (χ1) is 10.1. The lowest BCUT2D eigenvalue weighted by Crippen LogP contribution is -2.31. The van der Waals surface area contributed by atoms with Crippen molar-refractivity contribution in [2.24, 2.45) is 0 Å². The Morgan fingerprint density at radius 1 is 1.33 bits per heavy atom. The summed E-state index contributed by atoms with van der Waals surface area (Å²) in [4.78, 5) is 26.1. The molecule has 0 saturated carbocycles. The van der Waals surface area contributed by atoms with Gasteiger partial charge in [-0.1, -0.05) is 29.8 Å². The number of hydrogen-bond donors (Lipinski definition) is 2. The summed E-state index contributed by atoms with van der Waals surface area (Å²) in [6.07, 6.45) is 2.67. The molecule has 0 spiro atoms. The van der Waals surface area contributed by atoms with Crippen molar-refractivity contribution in [2.75, 3.05) is 12.0 Å². The molecule has 0 amide bonds. The van der Waals surface area contributed by atoms with Crippen molar-refractivity contribution in [3.63, 3.8) is 0 Å². The Hall–Kier alpha value is -1.66. The van der Waals surface area contributed by atoms with Gasteiger partial charge in [0.05, 0.1) is 0 Å². The van der Waals surface area contributed by atoms with E-state index >= 15 is 0 Å². The van der Waals surface area contributed by atoms with Crippen molar-refractivity contribution in [3.05, 3.63) is 50.1 Å². The smallest absolute Gasteiger partial charge is 0.331 e. The van der Waals surface area contributed by atoms with Gasteiger partial charge in [-0.05, 0) is 24.5 Å². The normalized spacial score (nSPS) is 10.8. The first-order valence-corrected chi connectivity index (χ1v) is 8.13. The molecule has 0 aliphatic carbocycles. The third-order valence-electron chi connectivity index (χ3n) is 3.05. The number of aromatic amines is 1. The number of benzene rings is 1. The molecule has 0 saturated heterocycles. The van der Waals surface area contributed by atoms with E-state index in [4.69, 9.17) is 11.6 Å². The number of halogens is 1. The van der Waals surface area contributed by atoms with E-state index in [0.717, 1.165) is 10.3 Å². The van der Waals surface area contributed by atoms with Gasteiger partial charge in [0.25, 0.3) is 5.56 Å². The van der Waals surface area contributed by atoms with Gasteiger partial charge < -0.3 is 5.11 Å². The summed E-state index contributed by atoms with van der Waals surface area (Å²) in [6.45, 7) is 0.333. The number of nitrogens with zero attached hydrogens (tertiary/aromatic N) is 1. The molecule has 1 heterocycles. The summed E-state index contributed by atoms with van der Waals surface area (Å²) in [7, 11) is 0. The third kappa shape index (κ3) is 3.33. The number of hydrogen-bond acceptors (Lipinski definition) is 4. The van der Waals surface area contributed by atoms with Gasteiger partial charge in [-0.2, -0.15) is 11.8 Å². The quantitative estimate of drug-likeness (QED) is 0.827. The number of aromatic nitrogens is 2. The maximum Gasteiger partial charge on any atom is 0.331 e. The molecule has 2 rings (SSSR count). The lowest BCUT2D eigenvalue weighted by atomic mass is 10.1. The molecular weight excluding hydrogens is 312 g/mol. The zero-order chi connectivity index (χ0) is 15.4. The second-order valence-electron chi connectivity index (χ2n) is 4.44. The van der Waals surface area contributed by atoms with Crippen LogP contribution in [0.15, 0.2) is 33.9 Å². The Labute approximate surface area is 130 Å². The second kappa shape index (κ2) is 6.87. The monoisotopic (exact) mass is 326 g/mol. The molecule has 21 heavy (non-hydrogen) atoms. The Balaban J connectivity index is 2.57. The van der Waals surface area contributed by atoms with Crippen molar-refractivity contribution >= 4 is 23.4 Å². The molecule has 0 fully saturated rings. The molecule has 0 aliphatic rings. The fourth-order valence-electron chi connectivity index (χ4n) is 2.04. The first kappa shape index (κ1) is 15.7. The Bertz CT molecular complexity index is 755. The van der Waals surface area contributed by atoms with E-state index in [1.807, 2.05) is 6.26 Å². The predicted octanol–water partition coefficient (Wildman–Crippen LogP) is 2.32. The molecule has 0 bridgehead atoms. The van der Waals surface area contributed by atoms with Gasteiger partial charge >= 0.3 is 5.69 Å². The average Bonchev–Trinajstić information content (AvgIpc) is 2.44. The van der Waals surface area contributed by atoms with Crippen LogP contribution in [0.25, 0.3) is 11.1 Å². The van der Waals surface area contributed by atoms with E-state index in [2.05, 4.69) is 4.98 Å². The molecule has 0 unspecified atom stereocenters. The van der Waals surface area contributed by atoms with Crippen LogP contribution >= 0.6 is 23.4 Å². The summed E-state index contributed by atoms with van der Waals surface area (Å²) in [5.74, 6) is 0.504. The van der Waals surface area contributed by atoms with Crippen LogP contribution in [0.3, 0.4) is 0 Å². The molecule has 0 radical (unpaired) electrons. The zero-order valence-corrected chi connectivity index (χ0v) is 13.0. The van der Waals surface area contributed by atoms with Crippen molar-refractivity contribution < 1.29 is 5.11 Å². The molecule has 0 atom stereocenters. The van der Waals surface area contributed by atoms with E-state index < -0.39 is 11.2 Å². The van der Waals surface area contributed by atoms with Crippen LogP contribution in [0.2, 0.25) is 5.02 Å². The van der Waals surface area contributed by atoms with Gasteiger partial charge in [0.1, 0.15) is 5.56 Å². The van der Waals surface area contributed by atoms with Gasteiger partial charge in [-0.3, -0.25) is 14.3 Å². The second-order valence-corrected chi connectivity index (χ2v) is 5.83. The third-order valence-corrected chi connectivity index (χ3v) is 4.07. The zero-order valence-electron chi connectivity index (χ0n) is 11.4. The fraction of sp³-hybridized carbons (Fsp3) is 0.286. The topological polar surface area (TPSA) is 75.1 Å². The summed E-state index contributed by atoms with van der Waals surface area (Å²) < 4.78 is 1.16. The largest absolute Gasteiger partial charge is 0.494 e. The van der Waals surface area contributed by atoms with Gasteiger partial charge in [0, 0.05) is 17.1 Å². The molecule has 1 aromatic heterocycles. The van der Waals surface area contributed by atoms with E-state index in [-0.39, 0.29) is 11.4 Å². The number of nitrogens with one attached hydrogen (secondary N) is 1. The average molecular weight is 327 g/mol. The summed E-state index contributed by atoms with van der Waals surface area (Å²) in [6, 6.07) is 6.69. The SMILES string of the molecule is CSCCCn1c(O)c(-c2ccccc2Cl)c(=O)[nH]c1=O. The fourth-order valence-corrected chi connectivity index (χ4v) is 2.69. The van der Waals surface area contributed by atoms with Gasteiger partial charge in [0.2, 0.25) is 5.88 Å². The van der Waals surface area contributed by atoms with E-state index in [0.29, 0.717) is 23.6 Å². The van der Waals surface area contributed by atoms with Crippen LogP contribution in [0.5, 0.6) is 5.88 Å². The number of rotatable bonds is 5. The van der Waals surface area contributed by atoms with Gasteiger partial charge in [0.15, 0.2) is 0 Å². The Kier molecular flexibility index (Phi) is 5.14. The number of aromatic hydroxyl groups is 1. The maximum absolute atomic E-state index is 12.0. The van der Waals surface area contributed by atoms with Crippen molar-refractivity contribution in [3.8, 4) is 17.0 Å². The molecule has 5 nitrogen and oxygen atoms in total. The summed E-state index contributed by atoms with van der Waals surface area (Å²) in [5.41, 5.74) is -0.845. The van der Waals surface area contributed by atoms with Crippen molar-refractivity contribution in [1.82, 2.24) is 9.55 Å². The van der Waals surface area contributed by atoms with Crippen LogP contribution in [-0.4, -0.2) is 26.7 Å². The van der Waals surface area contributed by atoms with Crippen molar-refractivity contribution in [2.45, 2.75) is 13.0 Å². The minimum Gasteiger partial charge on any atom is -0.494 e. The lowest BCUT2D eigenvalue weighted by Gasteiger charge is -2.12. The Morgan fingerprint density at radius 3 is 2.71 bits per heavy atom. The molecule has 1 aromatic carbocycles. The first-order valence-electron chi connectivity index (χ1n) is 6.36. The van der Waals surface area contributed by atoms with Gasteiger partial charge in [-0.15, -0.1) is 0 Å². The highest BCUT2D eigenvalue weighted by Crippen LogP contribution is 2.30. The van der Waals surface area contributed by atoms with Crippen LogP contribution in [0.4, 0.5) is 0 Å². The minimum atomic E-state index is -0.647. The summed E-state index contributed by atoms with van der Waals surface area (Å²) >= 11 is 7.72. The standard InChI is InChI=1S/C14H15ClN2O3S/c1-21-8-4-7-17-13(19)11(12(18)16-14(17)20)9-5-2-3-6-10(9)15/h2-3,5-6,19H,4,7-8H2,1H3,(H,16,18,20). The molecule has 7 heteroatoms. The van der Waals surface area contributed by atoms with E-state index in [9.17, 15) is 14.7 Å². The van der Waals surface area contributed by atoms with Crippen LogP contribution in [-0.2, 0) is 6.54 Å². The number of H-pyrrole nitrogens is 1. The molecule has 2 N–H and O–H groups in total. The molecule has 0 aliphatic heterocycles. The Morgan fingerprint density at radius 2 is 2.05 bits per heavy atom. The highest BCUT2D eigenvalue weighted by molar-refractivity contribution is 7.98. The highest BCUT2D eigenvalue weighted by atomic mass is 35.5. The molecule has 112 valence electrons. The molecule has 2 aromatic rings. The predicted molar refractivity (Wildman–Crippen MR) is 86.4 cm³/mol. The maximum atomic E-state index is 12.0.